The molecule has 0 spiro atoms. The number of nitriles is 1. The quantitative estimate of drug-likeness (QED) is 0.586. The summed E-state index contributed by atoms with van der Waals surface area (Å²) in [6.45, 7) is 0.0194. The van der Waals surface area contributed by atoms with Crippen LogP contribution in [0, 0.1) is 11.3 Å². The van der Waals surface area contributed by atoms with Gasteiger partial charge in [-0.05, 0) is 36.4 Å². The van der Waals surface area contributed by atoms with Crippen molar-refractivity contribution >= 4 is 22.1 Å². The number of rotatable bonds is 5. The number of fused-ring (bicyclic) bond motifs is 3. The molecule has 2 heterocycles. The maximum Gasteiger partial charge on any atom is 0.297 e. The Morgan fingerprint density at radius 1 is 1.22 bits per heavy atom. The second-order valence-corrected chi connectivity index (χ2v) is 6.08. The molecule has 2 aromatic carbocycles. The third-order valence-electron chi connectivity index (χ3n) is 4.18. The fourth-order valence-corrected chi connectivity index (χ4v) is 2.84. The Kier molecular flexibility index (Phi) is 4.32. The van der Waals surface area contributed by atoms with Crippen molar-refractivity contribution in [3.63, 3.8) is 0 Å². The summed E-state index contributed by atoms with van der Waals surface area (Å²) < 4.78 is 12.4. The zero-order valence-electron chi connectivity index (χ0n) is 14.2. The number of aromatic nitrogens is 2. The number of nitrogens with zero attached hydrogens (tertiary/aromatic N) is 3. The maximum absolute atomic E-state index is 12.6. The molecule has 1 atom stereocenters. The average molecular weight is 361 g/mol. The summed E-state index contributed by atoms with van der Waals surface area (Å²) in [5.74, 6) is 0.534. The van der Waals surface area contributed by atoms with Crippen molar-refractivity contribution in [1.29, 1.82) is 5.26 Å². The first-order chi connectivity index (χ1) is 13.2. The maximum atomic E-state index is 12.6. The van der Waals surface area contributed by atoms with Gasteiger partial charge in [0, 0.05) is 5.39 Å². The fourth-order valence-electron chi connectivity index (χ4n) is 2.84. The summed E-state index contributed by atoms with van der Waals surface area (Å²) in [6.07, 6.45) is 0.486. The minimum Gasteiger partial charge on any atom is -0.491 e. The van der Waals surface area contributed by atoms with Crippen LogP contribution in [0.25, 0.3) is 22.1 Å². The van der Waals surface area contributed by atoms with Gasteiger partial charge in [-0.1, -0.05) is 12.1 Å². The third kappa shape index (κ3) is 3.26. The molecule has 1 N–H and O–H groups in total. The smallest absolute Gasteiger partial charge is 0.297 e. The van der Waals surface area contributed by atoms with Gasteiger partial charge >= 0.3 is 0 Å². The van der Waals surface area contributed by atoms with Gasteiger partial charge < -0.3 is 14.3 Å². The summed E-state index contributed by atoms with van der Waals surface area (Å²) in [5, 5.41) is 19.8. The number of hydrogen-bond acceptors (Lipinski definition) is 6. The van der Waals surface area contributed by atoms with E-state index >= 15 is 0 Å². The summed E-state index contributed by atoms with van der Waals surface area (Å²) in [5.41, 5.74) is 1.45. The van der Waals surface area contributed by atoms with Crippen LogP contribution >= 0.6 is 0 Å². The van der Waals surface area contributed by atoms with E-state index in [4.69, 9.17) is 14.4 Å². The van der Waals surface area contributed by atoms with Crippen molar-refractivity contribution in [2.75, 3.05) is 6.61 Å². The predicted molar refractivity (Wildman–Crippen MR) is 98.4 cm³/mol. The molecule has 7 nitrogen and oxygen atoms in total. The fraction of sp³-hybridized carbons (Fsp3) is 0.150. The third-order valence-corrected chi connectivity index (χ3v) is 4.18. The van der Waals surface area contributed by atoms with E-state index in [1.807, 2.05) is 24.3 Å². The van der Waals surface area contributed by atoms with Crippen molar-refractivity contribution < 1.29 is 14.3 Å². The van der Waals surface area contributed by atoms with E-state index in [0.29, 0.717) is 22.4 Å². The van der Waals surface area contributed by atoms with E-state index in [9.17, 15) is 9.90 Å². The number of benzene rings is 2. The van der Waals surface area contributed by atoms with E-state index in [0.717, 1.165) is 5.39 Å². The van der Waals surface area contributed by atoms with Gasteiger partial charge in [-0.3, -0.25) is 9.36 Å². The summed E-state index contributed by atoms with van der Waals surface area (Å²) in [7, 11) is 0. The molecule has 27 heavy (non-hydrogen) atoms. The van der Waals surface area contributed by atoms with Crippen LogP contribution in [0.1, 0.15) is 5.56 Å². The van der Waals surface area contributed by atoms with Gasteiger partial charge in [0.25, 0.3) is 5.56 Å². The lowest BCUT2D eigenvalue weighted by molar-refractivity contribution is 0.0914. The van der Waals surface area contributed by atoms with E-state index in [1.165, 1.54) is 10.9 Å². The lowest BCUT2D eigenvalue weighted by Crippen LogP contribution is -2.30. The van der Waals surface area contributed by atoms with Gasteiger partial charge in [-0.15, -0.1) is 0 Å². The van der Waals surface area contributed by atoms with Crippen molar-refractivity contribution in [3.8, 4) is 11.8 Å². The van der Waals surface area contributed by atoms with Crippen LogP contribution < -0.4 is 10.3 Å². The van der Waals surface area contributed by atoms with Gasteiger partial charge in [-0.25, -0.2) is 4.98 Å². The van der Waals surface area contributed by atoms with Gasteiger partial charge in [0.1, 0.15) is 29.6 Å². The Morgan fingerprint density at radius 3 is 2.78 bits per heavy atom. The first-order valence-corrected chi connectivity index (χ1v) is 8.33. The van der Waals surface area contributed by atoms with E-state index in [2.05, 4.69) is 4.98 Å². The Hall–Kier alpha value is -3.63. The van der Waals surface area contributed by atoms with Crippen LogP contribution in [0.5, 0.6) is 5.75 Å². The van der Waals surface area contributed by atoms with Gasteiger partial charge in [0.2, 0.25) is 5.58 Å². The highest BCUT2D eigenvalue weighted by Gasteiger charge is 2.15. The minimum atomic E-state index is -0.915. The molecule has 0 bridgehead atoms. The van der Waals surface area contributed by atoms with Crippen LogP contribution in [0.3, 0.4) is 0 Å². The molecule has 4 rings (SSSR count). The SMILES string of the molecule is N#Cc1ccc(OCC(O)Cn2cnc3c(oc4ccccc43)c2=O)cc1. The van der Waals surface area contributed by atoms with Gasteiger partial charge in [0.15, 0.2) is 0 Å². The summed E-state index contributed by atoms with van der Waals surface area (Å²) >= 11 is 0. The highest BCUT2D eigenvalue weighted by atomic mass is 16.5. The zero-order valence-corrected chi connectivity index (χ0v) is 14.2. The van der Waals surface area contributed by atoms with Crippen molar-refractivity contribution in [1.82, 2.24) is 9.55 Å². The molecule has 0 aliphatic carbocycles. The minimum absolute atomic E-state index is 0.00346. The number of aliphatic hydroxyl groups excluding tert-OH is 1. The number of furan rings is 1. The lowest BCUT2D eigenvalue weighted by atomic mass is 10.2. The monoisotopic (exact) mass is 361 g/mol. The molecule has 134 valence electrons. The number of para-hydroxylation sites is 1. The van der Waals surface area contributed by atoms with Crippen LogP contribution in [0.4, 0.5) is 0 Å². The van der Waals surface area contributed by atoms with E-state index < -0.39 is 6.10 Å². The molecule has 0 fully saturated rings. The van der Waals surface area contributed by atoms with Crippen molar-refractivity contribution in [2.45, 2.75) is 12.6 Å². The number of ether oxygens (including phenoxy) is 1. The average Bonchev–Trinajstić information content (AvgIpc) is 3.08. The van der Waals surface area contributed by atoms with Crippen LogP contribution in [0.15, 0.2) is 64.1 Å². The molecule has 0 aliphatic heterocycles. The molecule has 0 radical (unpaired) electrons. The Morgan fingerprint density at radius 2 is 2.00 bits per heavy atom. The molecule has 0 aliphatic rings. The van der Waals surface area contributed by atoms with Gasteiger partial charge in [0.05, 0.1) is 24.5 Å². The van der Waals surface area contributed by atoms with Crippen LogP contribution in [0.2, 0.25) is 0 Å². The topological polar surface area (TPSA) is 101 Å². The molecular formula is C20H15N3O4. The predicted octanol–water partition coefficient (Wildman–Crippen LogP) is 2.45. The highest BCUT2D eigenvalue weighted by Crippen LogP contribution is 2.24. The Bertz CT molecular complexity index is 1200. The van der Waals surface area contributed by atoms with Crippen LogP contribution in [-0.2, 0) is 6.54 Å². The van der Waals surface area contributed by atoms with Crippen molar-refractivity contribution in [3.05, 3.63) is 70.8 Å². The normalized spacial score (nSPS) is 12.1. The molecule has 7 heteroatoms. The molecule has 0 saturated carbocycles. The molecule has 0 saturated heterocycles. The first-order valence-electron chi connectivity index (χ1n) is 8.33. The Balaban J connectivity index is 1.50. The van der Waals surface area contributed by atoms with E-state index in [-0.39, 0.29) is 24.3 Å². The van der Waals surface area contributed by atoms with Crippen LogP contribution in [-0.4, -0.2) is 27.4 Å². The van der Waals surface area contributed by atoms with Crippen molar-refractivity contribution in [2.24, 2.45) is 0 Å². The molecule has 1 unspecified atom stereocenters. The second-order valence-electron chi connectivity index (χ2n) is 6.08. The first kappa shape index (κ1) is 16.8. The standard InChI is InChI=1S/C20H15N3O4/c21-9-13-5-7-15(8-6-13)26-11-14(24)10-23-12-22-18-16-3-1-2-4-17(16)27-19(18)20(23)25/h1-8,12,14,24H,10-11H2. The number of hydrogen-bond donors (Lipinski definition) is 1. The summed E-state index contributed by atoms with van der Waals surface area (Å²) in [6, 6.07) is 15.9. The molecule has 0 amide bonds. The highest BCUT2D eigenvalue weighted by molar-refractivity contribution is 6.01. The largest absolute Gasteiger partial charge is 0.491 e. The van der Waals surface area contributed by atoms with Gasteiger partial charge in [-0.2, -0.15) is 5.26 Å². The molecule has 4 aromatic rings. The summed E-state index contributed by atoms with van der Waals surface area (Å²) in [4.78, 5) is 16.9. The lowest BCUT2D eigenvalue weighted by Gasteiger charge is -2.13. The second kappa shape index (κ2) is 6.94. The Labute approximate surface area is 153 Å². The van der Waals surface area contributed by atoms with E-state index in [1.54, 1.807) is 30.3 Å². The molecular weight excluding hydrogens is 346 g/mol. The molecule has 2 aromatic heterocycles. The number of aliphatic hydroxyl groups is 1. The zero-order chi connectivity index (χ0) is 18.8.